The van der Waals surface area contributed by atoms with Gasteiger partial charge in [-0.25, -0.2) is 0 Å². The number of benzene rings is 1. The van der Waals surface area contributed by atoms with Gasteiger partial charge in [0.05, 0.1) is 13.2 Å². The van der Waals surface area contributed by atoms with Crippen LogP contribution in [0, 0.1) is 5.92 Å². The molecule has 0 bridgehead atoms. The van der Waals surface area contributed by atoms with E-state index in [2.05, 4.69) is 51.7 Å². The van der Waals surface area contributed by atoms with Crippen molar-refractivity contribution in [1.29, 1.82) is 0 Å². The zero-order valence-corrected chi connectivity index (χ0v) is 18.4. The zero-order valence-electron chi connectivity index (χ0n) is 16.0. The number of rotatable bonds is 4. The van der Waals surface area contributed by atoms with Gasteiger partial charge in [0, 0.05) is 38.4 Å². The van der Waals surface area contributed by atoms with E-state index in [0.717, 1.165) is 44.7 Å². The standard InChI is InChI=1S/C20H32N4O.HI/c1-16-7-9-18(10-8-16)23-20(21-2)22-15-17-5-3-4-6-19(17)24-11-13-25-14-12-24;/h3-6,16,18H,7-15H2,1-2H3,(H2,21,22,23);1H. The normalized spacial score (nSPS) is 23.9. The van der Waals surface area contributed by atoms with E-state index < -0.39 is 0 Å². The van der Waals surface area contributed by atoms with Gasteiger partial charge in [-0.3, -0.25) is 4.99 Å². The minimum absolute atomic E-state index is 0. The number of morpholine rings is 1. The van der Waals surface area contributed by atoms with Gasteiger partial charge in [-0.15, -0.1) is 24.0 Å². The van der Waals surface area contributed by atoms with Crippen LogP contribution in [0.15, 0.2) is 29.3 Å². The molecule has 1 saturated heterocycles. The summed E-state index contributed by atoms with van der Waals surface area (Å²) in [7, 11) is 1.86. The molecular formula is C20H33IN4O. The van der Waals surface area contributed by atoms with Gasteiger partial charge in [0.1, 0.15) is 0 Å². The molecule has 5 nitrogen and oxygen atoms in total. The molecule has 0 aromatic heterocycles. The van der Waals surface area contributed by atoms with Crippen LogP contribution >= 0.6 is 24.0 Å². The molecule has 0 unspecified atom stereocenters. The summed E-state index contributed by atoms with van der Waals surface area (Å²) in [5.74, 6) is 1.78. The first kappa shape index (κ1) is 21.3. The molecule has 1 aromatic carbocycles. The van der Waals surface area contributed by atoms with E-state index in [0.29, 0.717) is 6.04 Å². The summed E-state index contributed by atoms with van der Waals surface area (Å²) in [6.07, 6.45) is 5.11. The molecule has 2 aliphatic rings. The third kappa shape index (κ3) is 6.01. The van der Waals surface area contributed by atoms with Crippen molar-refractivity contribution in [2.45, 2.75) is 45.2 Å². The van der Waals surface area contributed by atoms with Crippen molar-refractivity contribution >= 4 is 35.6 Å². The van der Waals surface area contributed by atoms with Gasteiger partial charge < -0.3 is 20.3 Å². The van der Waals surface area contributed by atoms with Gasteiger partial charge in [0.15, 0.2) is 5.96 Å². The summed E-state index contributed by atoms with van der Waals surface area (Å²) in [5.41, 5.74) is 2.62. The number of guanidine groups is 1. The maximum atomic E-state index is 5.48. The van der Waals surface area contributed by atoms with Gasteiger partial charge in [0.2, 0.25) is 0 Å². The molecule has 2 N–H and O–H groups in total. The average molecular weight is 472 g/mol. The van der Waals surface area contributed by atoms with E-state index in [9.17, 15) is 0 Å². The van der Waals surface area contributed by atoms with Crippen molar-refractivity contribution in [3.63, 3.8) is 0 Å². The Kier molecular flexibility index (Phi) is 8.98. The number of nitrogens with zero attached hydrogens (tertiary/aromatic N) is 2. The van der Waals surface area contributed by atoms with Crippen molar-refractivity contribution < 1.29 is 4.74 Å². The lowest BCUT2D eigenvalue weighted by molar-refractivity contribution is 0.122. The van der Waals surface area contributed by atoms with Gasteiger partial charge in [-0.2, -0.15) is 0 Å². The van der Waals surface area contributed by atoms with Crippen molar-refractivity contribution in [3.8, 4) is 0 Å². The van der Waals surface area contributed by atoms with Gasteiger partial charge in [-0.05, 0) is 43.2 Å². The number of hydrogen-bond donors (Lipinski definition) is 2. The first-order valence-electron chi connectivity index (χ1n) is 9.64. The Morgan fingerprint density at radius 2 is 1.85 bits per heavy atom. The second kappa shape index (κ2) is 11.0. The molecule has 26 heavy (non-hydrogen) atoms. The smallest absolute Gasteiger partial charge is 0.191 e. The van der Waals surface area contributed by atoms with Crippen LogP contribution in [-0.4, -0.2) is 45.4 Å². The van der Waals surface area contributed by atoms with Crippen molar-refractivity contribution in [1.82, 2.24) is 10.6 Å². The highest BCUT2D eigenvalue weighted by atomic mass is 127. The van der Waals surface area contributed by atoms with E-state index >= 15 is 0 Å². The fraction of sp³-hybridized carbons (Fsp3) is 0.650. The second-order valence-electron chi connectivity index (χ2n) is 7.26. The third-order valence-corrected chi connectivity index (χ3v) is 5.37. The van der Waals surface area contributed by atoms with Crippen LogP contribution in [0.25, 0.3) is 0 Å². The van der Waals surface area contributed by atoms with Crippen molar-refractivity contribution in [3.05, 3.63) is 29.8 Å². The van der Waals surface area contributed by atoms with Crippen LogP contribution in [0.5, 0.6) is 0 Å². The molecule has 0 spiro atoms. The van der Waals surface area contributed by atoms with Crippen LogP contribution in [0.4, 0.5) is 5.69 Å². The number of aliphatic imine (C=N–C) groups is 1. The molecule has 1 saturated carbocycles. The third-order valence-electron chi connectivity index (χ3n) is 5.37. The number of anilines is 1. The number of nitrogens with one attached hydrogen (secondary N) is 2. The highest BCUT2D eigenvalue weighted by molar-refractivity contribution is 14.0. The molecule has 1 aliphatic heterocycles. The molecule has 3 rings (SSSR count). The van der Waals surface area contributed by atoms with Gasteiger partial charge in [0.25, 0.3) is 0 Å². The molecule has 1 aliphatic carbocycles. The molecule has 0 atom stereocenters. The van der Waals surface area contributed by atoms with Crippen LogP contribution < -0.4 is 15.5 Å². The lowest BCUT2D eigenvalue weighted by atomic mass is 9.87. The number of para-hydroxylation sites is 1. The molecule has 146 valence electrons. The summed E-state index contributed by atoms with van der Waals surface area (Å²) in [5, 5.41) is 7.11. The Hall–Kier alpha value is -1.02. The lowest BCUT2D eigenvalue weighted by Crippen LogP contribution is -2.44. The Morgan fingerprint density at radius 1 is 1.15 bits per heavy atom. The number of halogens is 1. The quantitative estimate of drug-likeness (QED) is 0.401. The largest absolute Gasteiger partial charge is 0.378 e. The van der Waals surface area contributed by atoms with Crippen LogP contribution in [0.2, 0.25) is 0 Å². The summed E-state index contributed by atoms with van der Waals surface area (Å²) in [6, 6.07) is 9.19. The fourth-order valence-electron chi connectivity index (χ4n) is 3.74. The minimum atomic E-state index is 0. The first-order chi connectivity index (χ1) is 12.3. The lowest BCUT2D eigenvalue weighted by Gasteiger charge is -2.31. The number of hydrogen-bond acceptors (Lipinski definition) is 3. The summed E-state index contributed by atoms with van der Waals surface area (Å²) >= 11 is 0. The van der Waals surface area contributed by atoms with Crippen molar-refractivity contribution in [2.75, 3.05) is 38.3 Å². The van der Waals surface area contributed by atoms with E-state index in [4.69, 9.17) is 4.74 Å². The van der Waals surface area contributed by atoms with Crippen LogP contribution in [0.1, 0.15) is 38.2 Å². The molecular weight excluding hydrogens is 439 g/mol. The van der Waals surface area contributed by atoms with E-state index in [-0.39, 0.29) is 24.0 Å². The van der Waals surface area contributed by atoms with E-state index in [1.54, 1.807) is 0 Å². The monoisotopic (exact) mass is 472 g/mol. The summed E-state index contributed by atoms with van der Waals surface area (Å²) in [4.78, 5) is 6.84. The predicted octanol–water partition coefficient (Wildman–Crippen LogP) is 3.38. The highest BCUT2D eigenvalue weighted by Gasteiger charge is 2.19. The van der Waals surface area contributed by atoms with Crippen molar-refractivity contribution in [2.24, 2.45) is 10.9 Å². The van der Waals surface area contributed by atoms with E-state index in [1.807, 2.05) is 7.05 Å². The summed E-state index contributed by atoms with van der Waals surface area (Å²) in [6.45, 7) is 6.69. The summed E-state index contributed by atoms with van der Waals surface area (Å²) < 4.78 is 5.48. The topological polar surface area (TPSA) is 48.9 Å². The highest BCUT2D eigenvalue weighted by Crippen LogP contribution is 2.24. The Balaban J connectivity index is 0.00000243. The SMILES string of the molecule is CN=C(NCc1ccccc1N1CCOCC1)NC1CCC(C)CC1.I. The first-order valence-corrected chi connectivity index (χ1v) is 9.64. The van der Waals surface area contributed by atoms with Crippen LogP contribution in [-0.2, 0) is 11.3 Å². The Labute approximate surface area is 175 Å². The molecule has 2 fully saturated rings. The zero-order chi connectivity index (χ0) is 17.5. The molecule has 1 aromatic rings. The maximum absolute atomic E-state index is 5.48. The van der Waals surface area contributed by atoms with Gasteiger partial charge in [-0.1, -0.05) is 25.1 Å². The molecule has 0 amide bonds. The van der Waals surface area contributed by atoms with Crippen LogP contribution in [0.3, 0.4) is 0 Å². The predicted molar refractivity (Wildman–Crippen MR) is 120 cm³/mol. The molecule has 1 heterocycles. The van der Waals surface area contributed by atoms with E-state index in [1.165, 1.54) is 36.9 Å². The Morgan fingerprint density at radius 3 is 2.54 bits per heavy atom. The molecule has 0 radical (unpaired) electrons. The van der Waals surface area contributed by atoms with Gasteiger partial charge >= 0.3 is 0 Å². The minimum Gasteiger partial charge on any atom is -0.378 e. The number of ether oxygens (including phenoxy) is 1. The average Bonchev–Trinajstić information content (AvgIpc) is 2.67. The molecule has 6 heteroatoms. The fourth-order valence-corrected chi connectivity index (χ4v) is 3.74. The second-order valence-corrected chi connectivity index (χ2v) is 7.26. The maximum Gasteiger partial charge on any atom is 0.191 e. The Bertz CT molecular complexity index is 567.